The molecule has 0 amide bonds. The van der Waals surface area contributed by atoms with Crippen molar-refractivity contribution in [1.82, 2.24) is 0 Å². The Hall–Kier alpha value is -0.490. The molecule has 0 aromatic carbocycles. The van der Waals surface area contributed by atoms with Crippen molar-refractivity contribution in [3.05, 3.63) is 0 Å². The first-order valence-electron chi connectivity index (χ1n) is 7.35. The van der Waals surface area contributed by atoms with Crippen LogP contribution < -0.4 is 10.2 Å². The summed E-state index contributed by atoms with van der Waals surface area (Å²) in [6.45, 7) is -3.42. The van der Waals surface area contributed by atoms with E-state index in [2.05, 4.69) is 13.7 Å². The van der Waals surface area contributed by atoms with Crippen molar-refractivity contribution in [3.63, 3.8) is 0 Å². The van der Waals surface area contributed by atoms with E-state index in [1.165, 1.54) is 0 Å². The summed E-state index contributed by atoms with van der Waals surface area (Å²) in [5.74, 6) is -0.775. The lowest BCUT2D eigenvalue weighted by atomic mass is 10.4. The van der Waals surface area contributed by atoms with E-state index in [1.54, 1.807) is 0 Å². The molecule has 14 N–H and O–H groups in total. The Balaban J connectivity index is -0.0000000591. The number of phosphoric acid groups is 2. The smallest absolute Gasteiger partial charge is 0.479 e. The van der Waals surface area contributed by atoms with Gasteiger partial charge in [-0.1, -0.05) is 0 Å². The minimum atomic E-state index is -4.56. The molecule has 25 heteroatoms. The predicted octanol–water partition coefficient (Wildman–Crippen LogP) is -6.83. The maximum absolute atomic E-state index is 10.1. The van der Waals surface area contributed by atoms with Crippen molar-refractivity contribution in [1.29, 1.82) is 0 Å². The molecule has 214 valence electrons. The Labute approximate surface area is 192 Å². The lowest BCUT2D eigenvalue weighted by Crippen LogP contribution is -2.18. The summed E-state index contributed by atoms with van der Waals surface area (Å²) in [6, 6.07) is 0. The second-order valence-electron chi connectivity index (χ2n) is 4.40. The van der Waals surface area contributed by atoms with Gasteiger partial charge in [-0.15, -0.1) is 0 Å². The molecule has 0 aliphatic heterocycles. The molecule has 0 aliphatic carbocycles. The number of aliphatic hydroxyl groups excluding tert-OH is 6. The van der Waals surface area contributed by atoms with Crippen molar-refractivity contribution in [3.8, 4) is 0 Å². The Bertz CT molecular complexity index is 534. The normalized spacial score (nSPS) is 11.4. The zero-order valence-electron chi connectivity index (χ0n) is 16.8. The van der Waals surface area contributed by atoms with E-state index in [9.17, 15) is 13.9 Å². The third-order valence-electron chi connectivity index (χ3n) is 1.70. The molecule has 22 nitrogen and oxygen atoms in total. The molecule has 0 aromatic rings. The van der Waals surface area contributed by atoms with Crippen LogP contribution in [0, 0.1) is 0 Å². The molecular weight excluding hydrogens is 553 g/mol. The van der Waals surface area contributed by atoms with Gasteiger partial charge in [0.05, 0.1) is 26.4 Å². The van der Waals surface area contributed by atoms with Crippen LogP contribution in [0.2, 0.25) is 0 Å². The summed E-state index contributed by atoms with van der Waals surface area (Å²) < 4.78 is 38.7. The SMILES string of the molecule is O.O=C(CO)COP(=O)(O)O.O=P(O)(O)OCC(O)CO.O=[P+]([O-])O[O-].OCC(O)CO.OO.[HH]. The molecule has 2 unspecified atom stereocenters. The van der Waals surface area contributed by atoms with Crippen molar-refractivity contribution in [2.24, 2.45) is 0 Å². The second-order valence-corrected chi connectivity index (χ2v) is 7.48. The number of hydrogen-bond donors (Lipinski definition) is 12. The number of Topliss-reactive ketones (excluding diaryl/α,β-unsaturated/α-hetero) is 1. The van der Waals surface area contributed by atoms with Gasteiger partial charge in [0.25, 0.3) is 0 Å². The summed E-state index contributed by atoms with van der Waals surface area (Å²) in [6.07, 6.45) is -2.20. The van der Waals surface area contributed by atoms with Crippen molar-refractivity contribution < 1.29 is 110 Å². The number of carbonyl (C=O) groups is 1. The summed E-state index contributed by atoms with van der Waals surface area (Å²) in [5.41, 5.74) is 0. The highest BCUT2D eigenvalue weighted by atomic mass is 31.2. The third-order valence-corrected chi connectivity index (χ3v) is 2.77. The standard InChI is InChI=1S/C3H9O6P.C3H7O6P.C3H8O3.HO4P.H2O2.H2O.H2/c2*4-1-3(5)2-9-10(6,7)8;4-1-3(6)2-5;1-4-5(2)3;1-2;;/h3-5H,1-2H2,(H2,6,7,8);4H,1-2H2,(H2,6,7,8);3-6H,1-2H2;1H;1-2H;1H2;1H/p-1. The first kappa shape index (κ1) is 46.8. The number of aliphatic hydroxyl groups is 6. The van der Waals surface area contributed by atoms with E-state index in [0.717, 1.165) is 0 Å². The van der Waals surface area contributed by atoms with E-state index in [1.807, 2.05) is 0 Å². The van der Waals surface area contributed by atoms with Gasteiger partial charge in [0.2, 0.25) is 0 Å². The predicted molar refractivity (Wildman–Crippen MR) is 101 cm³/mol. The van der Waals surface area contributed by atoms with Gasteiger partial charge in [-0.2, -0.15) is 0 Å². The van der Waals surface area contributed by atoms with Crippen molar-refractivity contribution in [2.75, 3.05) is 39.6 Å². The molecule has 0 fully saturated rings. The number of carbonyl (C=O) groups excluding carboxylic acids is 1. The number of ketones is 1. The molecule has 0 saturated heterocycles. The van der Waals surface area contributed by atoms with Gasteiger partial charge in [0.1, 0.15) is 25.4 Å². The summed E-state index contributed by atoms with van der Waals surface area (Å²) >= 11 is 0. The van der Waals surface area contributed by atoms with Gasteiger partial charge in [-0.25, -0.2) is 13.8 Å². The Morgan fingerprint density at radius 2 is 1.21 bits per heavy atom. The quantitative estimate of drug-likeness (QED) is 0.0610. The van der Waals surface area contributed by atoms with Gasteiger partial charge in [-0.3, -0.25) is 24.4 Å². The Kier molecular flexibility index (Phi) is 42.0. The molecule has 0 saturated carbocycles. The average molecular weight is 583 g/mol. The van der Waals surface area contributed by atoms with Gasteiger partial charge in [0.15, 0.2) is 5.78 Å². The lowest BCUT2D eigenvalue weighted by Gasteiger charge is -2.07. The molecule has 34 heavy (non-hydrogen) atoms. The first-order valence-corrected chi connectivity index (χ1v) is 11.5. The molecule has 0 aromatic heterocycles. The van der Waals surface area contributed by atoms with E-state index >= 15 is 0 Å². The summed E-state index contributed by atoms with van der Waals surface area (Å²) in [5, 5.41) is 69.3. The van der Waals surface area contributed by atoms with E-state index in [-0.39, 0.29) is 20.1 Å². The third kappa shape index (κ3) is 63.4. The molecule has 0 heterocycles. The highest BCUT2D eigenvalue weighted by Gasteiger charge is 2.16. The minimum absolute atomic E-state index is 0. The van der Waals surface area contributed by atoms with Crippen LogP contribution in [0.4, 0.5) is 0 Å². The van der Waals surface area contributed by atoms with Crippen LogP contribution in [-0.4, -0.2) is 124 Å². The zero-order valence-corrected chi connectivity index (χ0v) is 19.5. The van der Waals surface area contributed by atoms with Crippen LogP contribution in [0.15, 0.2) is 0 Å². The van der Waals surface area contributed by atoms with Crippen LogP contribution in [0.25, 0.3) is 0 Å². The van der Waals surface area contributed by atoms with Crippen LogP contribution in [0.5, 0.6) is 0 Å². The van der Waals surface area contributed by atoms with Crippen LogP contribution in [0.1, 0.15) is 1.43 Å². The van der Waals surface area contributed by atoms with Gasteiger partial charge in [0, 0.05) is 1.43 Å². The Morgan fingerprint density at radius 1 is 0.882 bits per heavy atom. The largest absolute Gasteiger partial charge is 0.674 e. The fourth-order valence-electron chi connectivity index (χ4n) is 0.495. The first-order chi connectivity index (χ1) is 15.0. The van der Waals surface area contributed by atoms with Crippen molar-refractivity contribution >= 4 is 29.7 Å². The molecule has 2 atom stereocenters. The second kappa shape index (κ2) is 30.5. The van der Waals surface area contributed by atoms with E-state index in [4.69, 9.17) is 75.4 Å². The lowest BCUT2D eigenvalue weighted by molar-refractivity contribution is -0.644. The van der Waals surface area contributed by atoms with Crippen LogP contribution in [-0.2, 0) is 32.2 Å². The van der Waals surface area contributed by atoms with Crippen LogP contribution in [0.3, 0.4) is 0 Å². The minimum Gasteiger partial charge on any atom is -0.674 e. The van der Waals surface area contributed by atoms with Gasteiger partial charge >= 0.3 is 23.9 Å². The fourth-order valence-corrected chi connectivity index (χ4v) is 1.17. The van der Waals surface area contributed by atoms with Gasteiger partial charge < -0.3 is 65.8 Å². The molecular formula is C9H30O22P3-. The van der Waals surface area contributed by atoms with Gasteiger partial charge in [-0.05, 0) is 4.57 Å². The number of rotatable bonds is 11. The fraction of sp³-hybridized carbons (Fsp3) is 0.889. The summed E-state index contributed by atoms with van der Waals surface area (Å²) in [4.78, 5) is 51.2. The molecule has 0 rings (SSSR count). The highest BCUT2D eigenvalue weighted by Crippen LogP contribution is 2.35. The van der Waals surface area contributed by atoms with Crippen molar-refractivity contribution in [2.45, 2.75) is 12.2 Å². The monoisotopic (exact) mass is 583 g/mol. The Morgan fingerprint density at radius 3 is 1.38 bits per heavy atom. The maximum Gasteiger partial charge on any atom is 0.479 e. The number of hydrogen-bond acceptors (Lipinski definition) is 17. The maximum atomic E-state index is 10.1. The molecule has 0 spiro atoms. The zero-order chi connectivity index (χ0) is 27.7. The highest BCUT2D eigenvalue weighted by molar-refractivity contribution is 7.46. The van der Waals surface area contributed by atoms with Crippen LogP contribution >= 0.6 is 23.9 Å². The molecule has 0 bridgehead atoms. The number of phosphoric ester groups is 2. The summed E-state index contributed by atoms with van der Waals surface area (Å²) in [7, 11) is -12.2. The topological polar surface area (TPSA) is 416 Å². The van der Waals surface area contributed by atoms with E-state index < -0.39 is 68.3 Å². The molecule has 0 radical (unpaired) electrons. The molecule has 0 aliphatic rings. The van der Waals surface area contributed by atoms with E-state index in [0.29, 0.717) is 0 Å². The average Bonchev–Trinajstić information content (AvgIpc) is 2.76.